The smallest absolute Gasteiger partial charge is 0.293 e. The Labute approximate surface area is 135 Å². The maximum absolute atomic E-state index is 12.6. The Hall–Kier alpha value is -1.71. The van der Waals surface area contributed by atoms with Crippen LogP contribution in [0.15, 0.2) is 23.1 Å². The molecular formula is C14H21N3O5S. The van der Waals surface area contributed by atoms with Gasteiger partial charge < -0.3 is 10.4 Å². The van der Waals surface area contributed by atoms with Gasteiger partial charge in [0.15, 0.2) is 0 Å². The highest BCUT2D eigenvalue weighted by Gasteiger charge is 2.28. The standard InChI is InChI=1S/C14H21N3O5S/c1-11(18)10-15-13-6-5-12(9-14(13)17(19)20)23(21,22)16-7-3-2-4-8-16/h5-6,9,11,15,18H,2-4,7-8,10H2,1H3. The maximum Gasteiger partial charge on any atom is 0.293 e. The minimum atomic E-state index is -3.71. The number of aliphatic hydroxyl groups is 1. The van der Waals surface area contributed by atoms with Crippen molar-refractivity contribution in [3.05, 3.63) is 28.3 Å². The summed E-state index contributed by atoms with van der Waals surface area (Å²) in [6.07, 6.45) is 1.92. The topological polar surface area (TPSA) is 113 Å². The number of rotatable bonds is 6. The molecule has 0 saturated carbocycles. The van der Waals surface area contributed by atoms with E-state index in [4.69, 9.17) is 0 Å². The molecule has 0 amide bonds. The van der Waals surface area contributed by atoms with Gasteiger partial charge in [0.2, 0.25) is 10.0 Å². The van der Waals surface area contributed by atoms with Crippen LogP contribution in [0, 0.1) is 10.1 Å². The van der Waals surface area contributed by atoms with Crippen molar-refractivity contribution in [2.75, 3.05) is 25.0 Å². The largest absolute Gasteiger partial charge is 0.392 e. The average Bonchev–Trinajstić information content (AvgIpc) is 2.53. The zero-order valence-electron chi connectivity index (χ0n) is 12.9. The lowest BCUT2D eigenvalue weighted by Crippen LogP contribution is -2.35. The van der Waals surface area contributed by atoms with E-state index in [2.05, 4.69) is 5.32 Å². The van der Waals surface area contributed by atoms with Crippen molar-refractivity contribution in [3.63, 3.8) is 0 Å². The molecule has 1 heterocycles. The molecule has 8 nitrogen and oxygen atoms in total. The minimum absolute atomic E-state index is 0.0753. The van der Waals surface area contributed by atoms with E-state index in [-0.39, 0.29) is 22.8 Å². The molecule has 128 valence electrons. The number of nitro groups is 1. The van der Waals surface area contributed by atoms with Gasteiger partial charge in [-0.2, -0.15) is 4.31 Å². The molecule has 1 saturated heterocycles. The van der Waals surface area contributed by atoms with E-state index in [0.29, 0.717) is 13.1 Å². The number of anilines is 1. The summed E-state index contributed by atoms with van der Waals surface area (Å²) in [5.74, 6) is 0. The summed E-state index contributed by atoms with van der Waals surface area (Å²) in [6, 6.07) is 3.81. The van der Waals surface area contributed by atoms with Crippen LogP contribution in [0.2, 0.25) is 0 Å². The number of hydrogen-bond donors (Lipinski definition) is 2. The van der Waals surface area contributed by atoms with Gasteiger partial charge in [-0.3, -0.25) is 10.1 Å². The summed E-state index contributed by atoms with van der Waals surface area (Å²) < 4.78 is 26.5. The number of sulfonamides is 1. The third kappa shape index (κ3) is 4.18. The highest BCUT2D eigenvalue weighted by atomic mass is 32.2. The summed E-state index contributed by atoms with van der Waals surface area (Å²) >= 11 is 0. The van der Waals surface area contributed by atoms with Gasteiger partial charge >= 0.3 is 0 Å². The number of piperidine rings is 1. The molecule has 23 heavy (non-hydrogen) atoms. The molecule has 1 atom stereocenters. The van der Waals surface area contributed by atoms with Gasteiger partial charge in [-0.05, 0) is 31.9 Å². The molecule has 1 fully saturated rings. The van der Waals surface area contributed by atoms with E-state index in [9.17, 15) is 23.6 Å². The van der Waals surface area contributed by atoms with Gasteiger partial charge in [0.25, 0.3) is 5.69 Å². The summed E-state index contributed by atoms with van der Waals surface area (Å²) in [5, 5.41) is 23.2. The van der Waals surface area contributed by atoms with Crippen LogP contribution in [0.4, 0.5) is 11.4 Å². The lowest BCUT2D eigenvalue weighted by atomic mass is 10.2. The van der Waals surface area contributed by atoms with Gasteiger partial charge in [0.1, 0.15) is 5.69 Å². The SMILES string of the molecule is CC(O)CNc1ccc(S(=O)(=O)N2CCCCC2)cc1[N+](=O)[O-]. The Morgan fingerprint density at radius 2 is 2.00 bits per heavy atom. The van der Waals surface area contributed by atoms with Gasteiger partial charge in [0, 0.05) is 25.7 Å². The second-order valence-corrected chi connectivity index (χ2v) is 7.57. The molecule has 2 N–H and O–H groups in total. The number of nitrogens with one attached hydrogen (secondary N) is 1. The van der Waals surface area contributed by atoms with E-state index in [1.165, 1.54) is 16.4 Å². The summed E-state index contributed by atoms with van der Waals surface area (Å²) in [6.45, 7) is 2.57. The fraction of sp³-hybridized carbons (Fsp3) is 0.571. The Morgan fingerprint density at radius 1 is 1.35 bits per heavy atom. The monoisotopic (exact) mass is 343 g/mol. The molecule has 0 bridgehead atoms. The van der Waals surface area contributed by atoms with Crippen molar-refractivity contribution in [2.24, 2.45) is 0 Å². The minimum Gasteiger partial charge on any atom is -0.392 e. The Bertz CT molecular complexity index is 669. The van der Waals surface area contributed by atoms with Gasteiger partial charge in [0.05, 0.1) is 15.9 Å². The molecule has 0 aliphatic carbocycles. The van der Waals surface area contributed by atoms with E-state index in [1.807, 2.05) is 0 Å². The van der Waals surface area contributed by atoms with Gasteiger partial charge in [-0.25, -0.2) is 8.42 Å². The van der Waals surface area contributed by atoms with Crippen molar-refractivity contribution in [2.45, 2.75) is 37.2 Å². The molecule has 1 aliphatic rings. The molecule has 1 unspecified atom stereocenters. The third-order valence-corrected chi connectivity index (χ3v) is 5.60. The number of benzene rings is 1. The predicted octanol–water partition coefficient (Wildman–Crippen LogP) is 1.56. The van der Waals surface area contributed by atoms with E-state index >= 15 is 0 Å². The molecule has 2 rings (SSSR count). The first-order valence-corrected chi connectivity index (χ1v) is 8.97. The van der Waals surface area contributed by atoms with Crippen LogP contribution in [0.3, 0.4) is 0 Å². The Kier molecular flexibility index (Phi) is 5.55. The van der Waals surface area contributed by atoms with Crippen molar-refractivity contribution >= 4 is 21.4 Å². The fourth-order valence-corrected chi connectivity index (χ4v) is 4.02. The molecule has 0 aromatic heterocycles. The van der Waals surface area contributed by atoms with Crippen LogP contribution in [-0.4, -0.2) is 48.5 Å². The van der Waals surface area contributed by atoms with Gasteiger partial charge in [-0.15, -0.1) is 0 Å². The number of hydrogen-bond acceptors (Lipinski definition) is 6. The third-order valence-electron chi connectivity index (χ3n) is 3.71. The second kappa shape index (κ2) is 7.24. The van der Waals surface area contributed by atoms with Gasteiger partial charge in [-0.1, -0.05) is 6.42 Å². The normalized spacial score (nSPS) is 17.7. The highest BCUT2D eigenvalue weighted by Crippen LogP contribution is 2.29. The first-order chi connectivity index (χ1) is 10.8. The van der Waals surface area contributed by atoms with Crippen molar-refractivity contribution < 1.29 is 18.4 Å². The van der Waals surface area contributed by atoms with Crippen LogP contribution in [0.25, 0.3) is 0 Å². The second-order valence-electron chi connectivity index (χ2n) is 5.63. The maximum atomic E-state index is 12.6. The van der Waals surface area contributed by atoms with Crippen LogP contribution in [0.5, 0.6) is 0 Å². The Balaban J connectivity index is 2.32. The molecule has 9 heteroatoms. The number of nitrogens with zero attached hydrogens (tertiary/aromatic N) is 2. The zero-order chi connectivity index (χ0) is 17.0. The lowest BCUT2D eigenvalue weighted by Gasteiger charge is -2.25. The van der Waals surface area contributed by atoms with Crippen molar-refractivity contribution in [1.29, 1.82) is 0 Å². The first-order valence-electron chi connectivity index (χ1n) is 7.53. The Morgan fingerprint density at radius 3 is 2.57 bits per heavy atom. The number of aliphatic hydroxyl groups excluding tert-OH is 1. The van der Waals surface area contributed by atoms with Crippen LogP contribution in [0.1, 0.15) is 26.2 Å². The van der Waals surface area contributed by atoms with Crippen LogP contribution < -0.4 is 5.32 Å². The summed E-state index contributed by atoms with van der Waals surface area (Å²) in [5.41, 5.74) is -0.128. The number of nitro benzene ring substituents is 1. The predicted molar refractivity (Wildman–Crippen MR) is 85.9 cm³/mol. The average molecular weight is 343 g/mol. The first kappa shape index (κ1) is 17.6. The lowest BCUT2D eigenvalue weighted by molar-refractivity contribution is -0.384. The van der Waals surface area contributed by atoms with Crippen LogP contribution >= 0.6 is 0 Å². The molecule has 1 aliphatic heterocycles. The molecular weight excluding hydrogens is 322 g/mol. The molecule has 0 radical (unpaired) electrons. The van der Waals surface area contributed by atoms with E-state index in [1.54, 1.807) is 6.92 Å². The molecule has 0 spiro atoms. The van der Waals surface area contributed by atoms with E-state index in [0.717, 1.165) is 25.3 Å². The quantitative estimate of drug-likeness (QED) is 0.599. The molecule has 1 aromatic carbocycles. The van der Waals surface area contributed by atoms with Crippen molar-refractivity contribution in [1.82, 2.24) is 4.31 Å². The molecule has 1 aromatic rings. The zero-order valence-corrected chi connectivity index (χ0v) is 13.8. The fourth-order valence-electron chi connectivity index (χ4n) is 2.48. The summed E-state index contributed by atoms with van der Waals surface area (Å²) in [7, 11) is -3.71. The van der Waals surface area contributed by atoms with Crippen molar-refractivity contribution in [3.8, 4) is 0 Å². The summed E-state index contributed by atoms with van der Waals surface area (Å²) in [4.78, 5) is 10.5. The highest BCUT2D eigenvalue weighted by molar-refractivity contribution is 7.89. The van der Waals surface area contributed by atoms with E-state index < -0.39 is 21.1 Å². The van der Waals surface area contributed by atoms with Crippen LogP contribution in [-0.2, 0) is 10.0 Å².